The molecule has 3 atom stereocenters. The summed E-state index contributed by atoms with van der Waals surface area (Å²) >= 11 is 0. The Bertz CT molecular complexity index is 638. The van der Waals surface area contributed by atoms with E-state index in [4.69, 9.17) is 8.94 Å². The van der Waals surface area contributed by atoms with Gasteiger partial charge in [-0.15, -0.1) is 0 Å². The Morgan fingerprint density at radius 3 is 2.68 bits per heavy atom. The van der Waals surface area contributed by atoms with Crippen molar-refractivity contribution in [2.45, 2.75) is 65.0 Å². The molecule has 0 aliphatic heterocycles. The molecular formula is C17H25N3O2. The van der Waals surface area contributed by atoms with Crippen molar-refractivity contribution in [2.75, 3.05) is 0 Å². The van der Waals surface area contributed by atoms with Crippen LogP contribution in [0.25, 0.3) is 0 Å². The number of nitrogens with one attached hydrogen (secondary N) is 1. The zero-order valence-corrected chi connectivity index (χ0v) is 14.0. The van der Waals surface area contributed by atoms with Gasteiger partial charge in [0.15, 0.2) is 5.82 Å². The Morgan fingerprint density at radius 1 is 1.36 bits per heavy atom. The fourth-order valence-electron chi connectivity index (χ4n) is 2.46. The average molecular weight is 303 g/mol. The van der Waals surface area contributed by atoms with E-state index in [-0.39, 0.29) is 11.5 Å². The molecule has 3 rings (SSSR count). The number of hydrogen-bond acceptors (Lipinski definition) is 5. The molecule has 1 aliphatic carbocycles. The Hall–Kier alpha value is -1.62. The Labute approximate surface area is 131 Å². The molecule has 0 bridgehead atoms. The van der Waals surface area contributed by atoms with Crippen molar-refractivity contribution in [1.82, 2.24) is 15.5 Å². The summed E-state index contributed by atoms with van der Waals surface area (Å²) in [6, 6.07) is 4.14. The maximum Gasteiger partial charge on any atom is 0.243 e. The van der Waals surface area contributed by atoms with E-state index in [1.807, 2.05) is 6.92 Å². The van der Waals surface area contributed by atoms with E-state index in [1.165, 1.54) is 6.42 Å². The van der Waals surface area contributed by atoms with Crippen molar-refractivity contribution >= 4 is 0 Å². The molecule has 1 fully saturated rings. The molecule has 2 aromatic rings. The van der Waals surface area contributed by atoms with E-state index in [0.29, 0.717) is 18.4 Å². The van der Waals surface area contributed by atoms with Crippen LogP contribution >= 0.6 is 0 Å². The van der Waals surface area contributed by atoms with Crippen LogP contribution in [-0.4, -0.2) is 10.1 Å². The summed E-state index contributed by atoms with van der Waals surface area (Å²) in [6.07, 6.45) is 1.24. The molecule has 0 amide bonds. The fourth-order valence-corrected chi connectivity index (χ4v) is 2.46. The Balaban J connectivity index is 1.56. The fraction of sp³-hybridized carbons (Fsp3) is 0.647. The maximum atomic E-state index is 5.89. The third-order valence-corrected chi connectivity index (χ3v) is 4.22. The van der Waals surface area contributed by atoms with Crippen LogP contribution in [0, 0.1) is 5.92 Å². The molecule has 5 heteroatoms. The van der Waals surface area contributed by atoms with Gasteiger partial charge in [-0.3, -0.25) is 5.32 Å². The zero-order valence-electron chi connectivity index (χ0n) is 14.0. The lowest BCUT2D eigenvalue weighted by Gasteiger charge is -2.11. The first-order valence-corrected chi connectivity index (χ1v) is 8.00. The molecule has 1 N–H and O–H groups in total. The van der Waals surface area contributed by atoms with Crippen molar-refractivity contribution in [3.8, 4) is 0 Å². The number of rotatable bonds is 5. The van der Waals surface area contributed by atoms with Gasteiger partial charge in [0.1, 0.15) is 11.5 Å². The number of furan rings is 1. The van der Waals surface area contributed by atoms with Crippen molar-refractivity contribution < 1.29 is 8.94 Å². The second kappa shape index (κ2) is 5.54. The van der Waals surface area contributed by atoms with Crippen LogP contribution in [0.15, 0.2) is 21.1 Å². The van der Waals surface area contributed by atoms with Gasteiger partial charge in [-0.25, -0.2) is 0 Å². The lowest BCUT2D eigenvalue weighted by atomic mass is 9.96. The molecule has 0 spiro atoms. The highest BCUT2D eigenvalue weighted by Crippen LogP contribution is 2.47. The first-order chi connectivity index (χ1) is 10.3. The van der Waals surface area contributed by atoms with E-state index in [9.17, 15) is 0 Å². The van der Waals surface area contributed by atoms with Crippen LogP contribution in [-0.2, 0) is 12.0 Å². The smallest absolute Gasteiger partial charge is 0.243 e. The highest BCUT2D eigenvalue weighted by Gasteiger charge is 2.36. The minimum atomic E-state index is -0.0989. The first kappa shape index (κ1) is 15.3. The monoisotopic (exact) mass is 303 g/mol. The molecule has 2 aromatic heterocycles. The van der Waals surface area contributed by atoms with Crippen molar-refractivity contribution in [3.05, 3.63) is 35.4 Å². The normalized spacial score (nSPS) is 22.8. The van der Waals surface area contributed by atoms with E-state index in [0.717, 1.165) is 23.3 Å². The maximum absolute atomic E-state index is 5.89. The minimum Gasteiger partial charge on any atom is -0.464 e. The summed E-state index contributed by atoms with van der Waals surface area (Å²) in [5.41, 5.74) is -0.0989. The first-order valence-electron chi connectivity index (χ1n) is 8.00. The molecule has 5 nitrogen and oxygen atoms in total. The predicted molar refractivity (Wildman–Crippen MR) is 83.5 cm³/mol. The molecular weight excluding hydrogens is 278 g/mol. The quantitative estimate of drug-likeness (QED) is 0.906. The number of hydrogen-bond donors (Lipinski definition) is 1. The third-order valence-electron chi connectivity index (χ3n) is 4.22. The van der Waals surface area contributed by atoms with Gasteiger partial charge in [-0.05, 0) is 31.4 Å². The minimum absolute atomic E-state index is 0.00278. The SMILES string of the molecule is CC(NCc1ccc(C2CC2C)o1)c1nc(C(C)(C)C)no1. The Kier molecular flexibility index (Phi) is 3.85. The van der Waals surface area contributed by atoms with Crippen LogP contribution in [0.1, 0.15) is 76.2 Å². The van der Waals surface area contributed by atoms with E-state index in [2.05, 4.69) is 55.3 Å². The standard InChI is InChI=1S/C17H25N3O2/c1-10-8-13(10)14-7-6-12(21-14)9-18-11(2)15-19-16(20-22-15)17(3,4)5/h6-7,10-11,13,18H,8-9H2,1-5H3. The lowest BCUT2D eigenvalue weighted by Crippen LogP contribution is -2.19. The summed E-state index contributed by atoms with van der Waals surface area (Å²) in [5.74, 6) is 4.81. The third kappa shape index (κ3) is 3.24. The lowest BCUT2D eigenvalue weighted by molar-refractivity contribution is 0.325. The van der Waals surface area contributed by atoms with E-state index >= 15 is 0 Å². The highest BCUT2D eigenvalue weighted by atomic mass is 16.5. The van der Waals surface area contributed by atoms with Crippen molar-refractivity contribution in [3.63, 3.8) is 0 Å². The van der Waals surface area contributed by atoms with Gasteiger partial charge >= 0.3 is 0 Å². The average Bonchev–Trinajstić information content (AvgIpc) is 2.90. The second-order valence-electron chi connectivity index (χ2n) is 7.43. The van der Waals surface area contributed by atoms with Gasteiger partial charge in [0.05, 0.1) is 12.6 Å². The highest BCUT2D eigenvalue weighted by molar-refractivity contribution is 5.17. The topological polar surface area (TPSA) is 64.1 Å². The molecule has 0 saturated heterocycles. The van der Waals surface area contributed by atoms with E-state index in [1.54, 1.807) is 0 Å². The molecule has 3 unspecified atom stereocenters. The summed E-state index contributed by atoms with van der Waals surface area (Å²) in [4.78, 5) is 4.48. The summed E-state index contributed by atoms with van der Waals surface area (Å²) in [6.45, 7) is 11.2. The summed E-state index contributed by atoms with van der Waals surface area (Å²) < 4.78 is 11.2. The van der Waals surface area contributed by atoms with Gasteiger partial charge in [-0.2, -0.15) is 4.98 Å². The van der Waals surface area contributed by atoms with Crippen molar-refractivity contribution in [1.29, 1.82) is 0 Å². The Morgan fingerprint density at radius 2 is 2.09 bits per heavy atom. The summed E-state index contributed by atoms with van der Waals surface area (Å²) in [7, 11) is 0. The van der Waals surface area contributed by atoms with Gasteiger partial charge in [0, 0.05) is 11.3 Å². The predicted octanol–water partition coefficient (Wildman–Crippen LogP) is 3.93. The van der Waals surface area contributed by atoms with Gasteiger partial charge in [0.25, 0.3) is 0 Å². The number of aromatic nitrogens is 2. The van der Waals surface area contributed by atoms with Crippen molar-refractivity contribution in [2.24, 2.45) is 5.92 Å². The molecule has 0 radical (unpaired) electrons. The molecule has 22 heavy (non-hydrogen) atoms. The van der Waals surface area contributed by atoms with Crippen LogP contribution in [0.5, 0.6) is 0 Å². The van der Waals surface area contributed by atoms with Crippen LogP contribution in [0.2, 0.25) is 0 Å². The van der Waals surface area contributed by atoms with Gasteiger partial charge in [0.2, 0.25) is 5.89 Å². The van der Waals surface area contributed by atoms with Gasteiger partial charge in [-0.1, -0.05) is 32.9 Å². The number of nitrogens with zero attached hydrogens (tertiary/aromatic N) is 2. The zero-order chi connectivity index (χ0) is 15.9. The molecule has 2 heterocycles. The largest absolute Gasteiger partial charge is 0.464 e. The van der Waals surface area contributed by atoms with Crippen LogP contribution < -0.4 is 5.32 Å². The molecule has 120 valence electrons. The molecule has 1 saturated carbocycles. The van der Waals surface area contributed by atoms with Crippen LogP contribution in [0.3, 0.4) is 0 Å². The molecule has 0 aromatic carbocycles. The van der Waals surface area contributed by atoms with E-state index < -0.39 is 0 Å². The second-order valence-corrected chi connectivity index (χ2v) is 7.43. The van der Waals surface area contributed by atoms with Gasteiger partial charge < -0.3 is 8.94 Å². The molecule has 1 aliphatic rings. The van der Waals surface area contributed by atoms with Crippen LogP contribution in [0.4, 0.5) is 0 Å². The summed E-state index contributed by atoms with van der Waals surface area (Å²) in [5, 5.41) is 7.43.